The van der Waals surface area contributed by atoms with Crippen LogP contribution in [0.15, 0.2) is 60.7 Å². The van der Waals surface area contributed by atoms with Crippen LogP contribution in [0, 0.1) is 0 Å². The summed E-state index contributed by atoms with van der Waals surface area (Å²) in [6.07, 6.45) is 0.947. The first-order chi connectivity index (χ1) is 15.3. The van der Waals surface area contributed by atoms with Gasteiger partial charge in [0.05, 0.1) is 5.41 Å². The topological polar surface area (TPSA) is 66.9 Å². The molecule has 6 heteroatoms. The molecule has 1 aliphatic heterocycles. The molecule has 0 saturated carbocycles. The molecular formula is C26H32N2O4. The monoisotopic (exact) mass is 436 g/mol. The minimum Gasteiger partial charge on any atom is -0.455 e. The van der Waals surface area contributed by atoms with Gasteiger partial charge >= 0.3 is 5.97 Å². The third kappa shape index (κ3) is 5.36. The lowest BCUT2D eigenvalue weighted by molar-refractivity contribution is -0.160. The molecule has 1 fully saturated rings. The SMILES string of the molecule is CC(=O)N1CCC(C(=O)OCC(=O)N(Cc2ccccc2)C(C)C)(c2ccccc2)CC1. The van der Waals surface area contributed by atoms with Gasteiger partial charge < -0.3 is 14.5 Å². The van der Waals surface area contributed by atoms with Crippen LogP contribution in [-0.4, -0.2) is 53.3 Å². The van der Waals surface area contributed by atoms with Crippen molar-refractivity contribution in [1.29, 1.82) is 0 Å². The van der Waals surface area contributed by atoms with Gasteiger partial charge in [-0.25, -0.2) is 0 Å². The number of carbonyl (C=O) groups is 3. The molecule has 2 amide bonds. The van der Waals surface area contributed by atoms with Crippen LogP contribution in [0.5, 0.6) is 0 Å². The van der Waals surface area contributed by atoms with E-state index in [1.165, 1.54) is 0 Å². The summed E-state index contributed by atoms with van der Waals surface area (Å²) in [5, 5.41) is 0. The number of hydrogen-bond donors (Lipinski definition) is 0. The van der Waals surface area contributed by atoms with Crippen molar-refractivity contribution in [2.24, 2.45) is 0 Å². The molecule has 0 unspecified atom stereocenters. The van der Waals surface area contributed by atoms with Crippen molar-refractivity contribution < 1.29 is 19.1 Å². The van der Waals surface area contributed by atoms with E-state index in [9.17, 15) is 14.4 Å². The van der Waals surface area contributed by atoms with Gasteiger partial charge in [0.2, 0.25) is 5.91 Å². The van der Waals surface area contributed by atoms with Gasteiger partial charge in [0.1, 0.15) is 0 Å². The first-order valence-corrected chi connectivity index (χ1v) is 11.1. The van der Waals surface area contributed by atoms with Crippen molar-refractivity contribution in [3.63, 3.8) is 0 Å². The highest BCUT2D eigenvalue weighted by molar-refractivity contribution is 5.87. The zero-order valence-corrected chi connectivity index (χ0v) is 19.1. The van der Waals surface area contributed by atoms with Crippen molar-refractivity contribution in [2.75, 3.05) is 19.7 Å². The number of nitrogens with zero attached hydrogens (tertiary/aromatic N) is 2. The van der Waals surface area contributed by atoms with E-state index in [2.05, 4.69) is 0 Å². The van der Waals surface area contributed by atoms with Gasteiger partial charge in [-0.05, 0) is 37.8 Å². The second kappa shape index (κ2) is 10.4. The summed E-state index contributed by atoms with van der Waals surface area (Å²) >= 11 is 0. The maximum Gasteiger partial charge on any atom is 0.317 e. The van der Waals surface area contributed by atoms with E-state index >= 15 is 0 Å². The Bertz CT molecular complexity index is 919. The lowest BCUT2D eigenvalue weighted by atomic mass is 9.72. The van der Waals surface area contributed by atoms with E-state index < -0.39 is 11.4 Å². The summed E-state index contributed by atoms with van der Waals surface area (Å²) in [5.74, 6) is -0.617. The van der Waals surface area contributed by atoms with Crippen molar-refractivity contribution in [1.82, 2.24) is 9.80 Å². The molecule has 0 N–H and O–H groups in total. The fourth-order valence-electron chi connectivity index (χ4n) is 4.26. The molecule has 0 bridgehead atoms. The van der Waals surface area contributed by atoms with Gasteiger partial charge in [-0.2, -0.15) is 0 Å². The maximum absolute atomic E-state index is 13.4. The first-order valence-electron chi connectivity index (χ1n) is 11.1. The number of ether oxygens (including phenoxy) is 1. The number of likely N-dealkylation sites (tertiary alicyclic amines) is 1. The molecule has 0 radical (unpaired) electrons. The molecule has 2 aromatic rings. The fourth-order valence-corrected chi connectivity index (χ4v) is 4.26. The Balaban J connectivity index is 1.72. The lowest BCUT2D eigenvalue weighted by Crippen LogP contribution is -2.50. The van der Waals surface area contributed by atoms with Gasteiger partial charge in [-0.3, -0.25) is 14.4 Å². The molecule has 1 aliphatic rings. The van der Waals surface area contributed by atoms with E-state index in [1.54, 1.807) is 16.7 Å². The Morgan fingerprint density at radius 2 is 1.53 bits per heavy atom. The van der Waals surface area contributed by atoms with Crippen LogP contribution >= 0.6 is 0 Å². The Morgan fingerprint density at radius 3 is 2.06 bits per heavy atom. The largest absolute Gasteiger partial charge is 0.455 e. The van der Waals surface area contributed by atoms with Gasteiger partial charge in [-0.15, -0.1) is 0 Å². The average Bonchev–Trinajstić information content (AvgIpc) is 2.81. The summed E-state index contributed by atoms with van der Waals surface area (Å²) in [5.41, 5.74) is 1.04. The highest BCUT2D eigenvalue weighted by Crippen LogP contribution is 2.37. The molecule has 2 aromatic carbocycles. The molecular weight excluding hydrogens is 404 g/mol. The summed E-state index contributed by atoms with van der Waals surface area (Å²) in [6.45, 7) is 6.58. The van der Waals surface area contributed by atoms with Gasteiger partial charge in [-0.1, -0.05) is 60.7 Å². The third-order valence-corrected chi connectivity index (χ3v) is 6.25. The first kappa shape index (κ1) is 23.5. The van der Waals surface area contributed by atoms with Gasteiger partial charge in [0.25, 0.3) is 5.91 Å². The van der Waals surface area contributed by atoms with Gasteiger partial charge in [0, 0.05) is 32.6 Å². The molecule has 0 aromatic heterocycles. The van der Waals surface area contributed by atoms with E-state index in [0.29, 0.717) is 32.5 Å². The highest BCUT2D eigenvalue weighted by atomic mass is 16.5. The maximum atomic E-state index is 13.4. The second-order valence-electron chi connectivity index (χ2n) is 8.63. The van der Waals surface area contributed by atoms with Gasteiger partial charge in [0.15, 0.2) is 6.61 Å². The Kier molecular flexibility index (Phi) is 7.67. The molecule has 32 heavy (non-hydrogen) atoms. The third-order valence-electron chi connectivity index (χ3n) is 6.25. The zero-order valence-electron chi connectivity index (χ0n) is 19.1. The average molecular weight is 437 g/mol. The minimum absolute atomic E-state index is 0.00342. The molecule has 0 atom stereocenters. The molecule has 3 rings (SSSR count). The quantitative estimate of drug-likeness (QED) is 0.623. The molecule has 0 spiro atoms. The summed E-state index contributed by atoms with van der Waals surface area (Å²) < 4.78 is 5.63. The number of carbonyl (C=O) groups excluding carboxylic acids is 3. The summed E-state index contributed by atoms with van der Waals surface area (Å²) in [4.78, 5) is 41.6. The predicted octanol–water partition coefficient (Wildman–Crippen LogP) is 3.55. The Morgan fingerprint density at radius 1 is 0.969 bits per heavy atom. The number of benzene rings is 2. The predicted molar refractivity (Wildman–Crippen MR) is 123 cm³/mol. The van der Waals surface area contributed by atoms with Crippen LogP contribution in [0.2, 0.25) is 0 Å². The normalized spacial score (nSPS) is 15.3. The molecule has 1 saturated heterocycles. The second-order valence-corrected chi connectivity index (χ2v) is 8.63. The smallest absolute Gasteiger partial charge is 0.317 e. The van der Waals surface area contributed by atoms with Crippen molar-refractivity contribution in [3.8, 4) is 0 Å². The van der Waals surface area contributed by atoms with E-state index in [1.807, 2.05) is 74.5 Å². The zero-order chi connectivity index (χ0) is 23.1. The van der Waals surface area contributed by atoms with Crippen LogP contribution in [0.1, 0.15) is 44.7 Å². The number of amides is 2. The lowest BCUT2D eigenvalue weighted by Gasteiger charge is -2.40. The number of rotatable bonds is 7. The van der Waals surface area contributed by atoms with Crippen LogP contribution in [-0.2, 0) is 31.1 Å². The van der Waals surface area contributed by atoms with Crippen molar-refractivity contribution in [2.45, 2.75) is 51.6 Å². The highest BCUT2D eigenvalue weighted by Gasteiger charge is 2.45. The number of piperidine rings is 1. The molecule has 6 nitrogen and oxygen atoms in total. The van der Waals surface area contributed by atoms with E-state index in [0.717, 1.165) is 11.1 Å². The Labute approximate surface area is 190 Å². The van der Waals surface area contributed by atoms with Crippen molar-refractivity contribution >= 4 is 17.8 Å². The Hall–Kier alpha value is -3.15. The summed E-state index contributed by atoms with van der Waals surface area (Å²) in [6, 6.07) is 19.3. The van der Waals surface area contributed by atoms with E-state index in [-0.39, 0.29) is 24.5 Å². The number of hydrogen-bond acceptors (Lipinski definition) is 4. The van der Waals surface area contributed by atoms with Crippen LogP contribution in [0.25, 0.3) is 0 Å². The molecule has 1 heterocycles. The summed E-state index contributed by atoms with van der Waals surface area (Å²) in [7, 11) is 0. The minimum atomic E-state index is -0.852. The van der Waals surface area contributed by atoms with Crippen LogP contribution in [0.4, 0.5) is 0 Å². The standard InChI is InChI=1S/C26H32N2O4/c1-20(2)28(18-22-10-6-4-7-11-22)24(30)19-32-25(31)26(23-12-8-5-9-13-23)14-16-27(17-15-26)21(3)29/h4-13,20H,14-19H2,1-3H3. The van der Waals surface area contributed by atoms with Crippen LogP contribution in [0.3, 0.4) is 0 Å². The fraction of sp³-hybridized carbons (Fsp3) is 0.423. The number of esters is 1. The van der Waals surface area contributed by atoms with E-state index in [4.69, 9.17) is 4.74 Å². The van der Waals surface area contributed by atoms with Crippen molar-refractivity contribution in [3.05, 3.63) is 71.8 Å². The van der Waals surface area contributed by atoms with Crippen LogP contribution < -0.4 is 0 Å². The molecule has 0 aliphatic carbocycles. The molecule has 170 valence electrons.